The average molecular weight is 518 g/mol. The number of anilines is 1. The normalized spacial score (nSPS) is 13.0. The highest BCUT2D eigenvalue weighted by molar-refractivity contribution is 6.06. The van der Waals surface area contributed by atoms with Gasteiger partial charge in [-0.25, -0.2) is 4.79 Å². The van der Waals surface area contributed by atoms with Crippen molar-refractivity contribution >= 4 is 34.7 Å². The van der Waals surface area contributed by atoms with Crippen molar-refractivity contribution in [1.82, 2.24) is 4.98 Å². The van der Waals surface area contributed by atoms with E-state index < -0.39 is 30.2 Å². The van der Waals surface area contributed by atoms with Gasteiger partial charge in [0.25, 0.3) is 5.91 Å². The number of fused-ring (bicyclic) bond motifs is 2. The molecule has 3 aromatic carbocycles. The van der Waals surface area contributed by atoms with E-state index in [2.05, 4.69) is 10.1 Å². The van der Waals surface area contributed by atoms with Gasteiger partial charge in [-0.05, 0) is 54.7 Å². The molecule has 0 fully saturated rings. The van der Waals surface area contributed by atoms with Crippen LogP contribution in [-0.4, -0.2) is 29.7 Å². The van der Waals surface area contributed by atoms with Crippen LogP contribution in [0.2, 0.25) is 0 Å². The van der Waals surface area contributed by atoms with Gasteiger partial charge in [-0.1, -0.05) is 54.6 Å². The Hall–Kier alpha value is -4.53. The maximum absolute atomic E-state index is 13.3. The van der Waals surface area contributed by atoms with Gasteiger partial charge in [0.05, 0.1) is 28.5 Å². The van der Waals surface area contributed by atoms with E-state index in [9.17, 15) is 22.8 Å². The number of aromatic nitrogens is 1. The number of alkyl halides is 3. The summed E-state index contributed by atoms with van der Waals surface area (Å²) in [6.45, 7) is -0.716. The zero-order chi connectivity index (χ0) is 26.7. The summed E-state index contributed by atoms with van der Waals surface area (Å²) in [4.78, 5) is 31.1. The number of rotatable bonds is 6. The highest BCUT2D eigenvalue weighted by atomic mass is 19.4. The van der Waals surface area contributed by atoms with Gasteiger partial charge in [0.2, 0.25) is 0 Å². The van der Waals surface area contributed by atoms with Gasteiger partial charge in [0, 0.05) is 11.1 Å². The molecule has 1 aliphatic rings. The second-order valence-corrected chi connectivity index (χ2v) is 8.77. The summed E-state index contributed by atoms with van der Waals surface area (Å²) in [6, 6.07) is 20.2. The van der Waals surface area contributed by atoms with Gasteiger partial charge in [0.1, 0.15) is 0 Å². The molecule has 1 amide bonds. The summed E-state index contributed by atoms with van der Waals surface area (Å²) in [5.74, 6) is -1.49. The van der Waals surface area contributed by atoms with Crippen LogP contribution in [0.1, 0.15) is 39.2 Å². The molecule has 1 aliphatic carbocycles. The first-order valence-electron chi connectivity index (χ1n) is 12.0. The number of pyridine rings is 1. The van der Waals surface area contributed by atoms with Gasteiger partial charge in [-0.2, -0.15) is 23.3 Å². The standard InChI is InChI=1S/C29H22F3N3O3/c30-29(31,32)20-10-6-11-21(16-20)35(33-17-19-8-2-1-3-9-19)26(36)18-38-28(37)27-22-12-4-5-14-24(22)34-25-15-7-13-23(25)27/h1-6,8-12,14,16-17H,7,13,15,18H2/b33-17+. The predicted molar refractivity (Wildman–Crippen MR) is 137 cm³/mol. The number of benzene rings is 3. The first kappa shape index (κ1) is 25.1. The number of hydrazone groups is 1. The molecular formula is C29H22F3N3O3. The fourth-order valence-electron chi connectivity index (χ4n) is 4.46. The fraction of sp³-hybridized carbons (Fsp3) is 0.172. The number of para-hydroxylation sites is 1. The molecule has 192 valence electrons. The third-order valence-electron chi connectivity index (χ3n) is 6.23. The maximum atomic E-state index is 13.3. The monoisotopic (exact) mass is 517 g/mol. The Morgan fingerprint density at radius 2 is 1.74 bits per heavy atom. The van der Waals surface area contributed by atoms with Crippen LogP contribution >= 0.6 is 0 Å². The fourth-order valence-corrected chi connectivity index (χ4v) is 4.46. The van der Waals surface area contributed by atoms with Crippen LogP contribution in [-0.2, 0) is 28.5 Å². The molecule has 0 atom stereocenters. The number of nitrogens with zero attached hydrogens (tertiary/aromatic N) is 3. The number of carbonyl (C=O) groups excluding carboxylic acids is 2. The Balaban J connectivity index is 1.43. The third kappa shape index (κ3) is 5.27. The molecular weight excluding hydrogens is 495 g/mol. The molecule has 0 bridgehead atoms. The number of carbonyl (C=O) groups is 2. The molecule has 9 heteroatoms. The summed E-state index contributed by atoms with van der Waals surface area (Å²) in [6.07, 6.45) is -0.984. The molecule has 1 heterocycles. The number of ether oxygens (including phenoxy) is 1. The maximum Gasteiger partial charge on any atom is 0.416 e. The molecule has 0 spiro atoms. The lowest BCUT2D eigenvalue weighted by Crippen LogP contribution is -2.31. The van der Waals surface area contributed by atoms with Crippen LogP contribution < -0.4 is 5.01 Å². The minimum atomic E-state index is -4.61. The quantitative estimate of drug-likeness (QED) is 0.180. The molecule has 4 aromatic rings. The number of hydrogen-bond acceptors (Lipinski definition) is 5. The van der Waals surface area contributed by atoms with Crippen LogP contribution in [0.4, 0.5) is 18.9 Å². The molecule has 0 aliphatic heterocycles. The molecule has 38 heavy (non-hydrogen) atoms. The van der Waals surface area contributed by atoms with Gasteiger partial charge in [0.15, 0.2) is 6.61 Å². The molecule has 6 nitrogen and oxygen atoms in total. The first-order valence-corrected chi connectivity index (χ1v) is 12.0. The van der Waals surface area contributed by atoms with E-state index in [0.717, 1.165) is 41.2 Å². The average Bonchev–Trinajstić information content (AvgIpc) is 3.39. The summed E-state index contributed by atoms with van der Waals surface area (Å²) in [7, 11) is 0. The van der Waals surface area contributed by atoms with Crippen molar-refractivity contribution in [3.05, 3.63) is 107 Å². The number of halogens is 3. The third-order valence-corrected chi connectivity index (χ3v) is 6.23. The molecule has 5 rings (SSSR count). The Bertz CT molecular complexity index is 1530. The van der Waals surface area contributed by atoms with Gasteiger partial charge < -0.3 is 4.74 Å². The Kier molecular flexibility index (Phi) is 6.91. The van der Waals surface area contributed by atoms with Gasteiger partial charge in [-0.15, -0.1) is 0 Å². The number of esters is 1. The van der Waals surface area contributed by atoms with E-state index in [-0.39, 0.29) is 5.69 Å². The van der Waals surface area contributed by atoms with Crippen molar-refractivity contribution in [2.75, 3.05) is 11.6 Å². The summed E-state index contributed by atoms with van der Waals surface area (Å²) >= 11 is 0. The largest absolute Gasteiger partial charge is 0.452 e. The summed E-state index contributed by atoms with van der Waals surface area (Å²) < 4.78 is 45.5. The molecule has 0 unspecified atom stereocenters. The Morgan fingerprint density at radius 3 is 2.53 bits per heavy atom. The summed E-state index contributed by atoms with van der Waals surface area (Å²) in [5, 5.41) is 5.57. The minimum Gasteiger partial charge on any atom is -0.452 e. The molecule has 1 aromatic heterocycles. The topological polar surface area (TPSA) is 71.9 Å². The second kappa shape index (κ2) is 10.5. The zero-order valence-corrected chi connectivity index (χ0v) is 20.1. The molecule has 0 radical (unpaired) electrons. The van der Waals surface area contributed by atoms with E-state index >= 15 is 0 Å². The Morgan fingerprint density at radius 1 is 0.974 bits per heavy atom. The van der Waals surface area contributed by atoms with E-state index in [1.54, 1.807) is 42.5 Å². The van der Waals surface area contributed by atoms with E-state index in [1.165, 1.54) is 18.3 Å². The van der Waals surface area contributed by atoms with E-state index in [0.29, 0.717) is 28.5 Å². The number of hydrogen-bond donors (Lipinski definition) is 0. The predicted octanol–water partition coefficient (Wildman–Crippen LogP) is 5.97. The lowest BCUT2D eigenvalue weighted by atomic mass is 10.0. The van der Waals surface area contributed by atoms with Crippen molar-refractivity contribution in [3.63, 3.8) is 0 Å². The highest BCUT2D eigenvalue weighted by Gasteiger charge is 2.32. The van der Waals surface area contributed by atoms with E-state index in [4.69, 9.17) is 4.74 Å². The lowest BCUT2D eigenvalue weighted by Gasteiger charge is -2.19. The van der Waals surface area contributed by atoms with E-state index in [1.807, 2.05) is 12.1 Å². The van der Waals surface area contributed by atoms with Crippen molar-refractivity contribution < 1.29 is 27.5 Å². The minimum absolute atomic E-state index is 0.108. The van der Waals surface area contributed by atoms with Crippen molar-refractivity contribution in [2.24, 2.45) is 5.10 Å². The van der Waals surface area contributed by atoms with Crippen molar-refractivity contribution in [3.8, 4) is 0 Å². The van der Waals surface area contributed by atoms with Crippen molar-refractivity contribution in [1.29, 1.82) is 0 Å². The SMILES string of the molecule is O=C(OCC(=O)N(/N=C/c1ccccc1)c1cccc(C(F)(F)F)c1)c1c2c(nc3ccccc13)CCC2. The van der Waals surface area contributed by atoms with Crippen LogP contribution in [0.25, 0.3) is 10.9 Å². The van der Waals surface area contributed by atoms with Crippen LogP contribution in [0.5, 0.6) is 0 Å². The summed E-state index contributed by atoms with van der Waals surface area (Å²) in [5.41, 5.74) is 2.26. The molecule has 0 saturated heterocycles. The number of aryl methyl sites for hydroxylation is 1. The number of amides is 1. The zero-order valence-electron chi connectivity index (χ0n) is 20.1. The van der Waals surface area contributed by atoms with Crippen LogP contribution in [0, 0.1) is 0 Å². The lowest BCUT2D eigenvalue weighted by molar-refractivity contribution is -0.137. The Labute approximate surface area is 216 Å². The molecule has 0 N–H and O–H groups in total. The van der Waals surface area contributed by atoms with Gasteiger partial charge >= 0.3 is 12.1 Å². The van der Waals surface area contributed by atoms with Crippen LogP contribution in [0.15, 0.2) is 84.0 Å². The van der Waals surface area contributed by atoms with Crippen LogP contribution in [0.3, 0.4) is 0 Å². The van der Waals surface area contributed by atoms with Crippen molar-refractivity contribution in [2.45, 2.75) is 25.4 Å². The van der Waals surface area contributed by atoms with Gasteiger partial charge in [-0.3, -0.25) is 9.78 Å². The smallest absolute Gasteiger partial charge is 0.416 e. The highest BCUT2D eigenvalue weighted by Crippen LogP contribution is 2.32. The second-order valence-electron chi connectivity index (χ2n) is 8.77. The first-order chi connectivity index (χ1) is 18.3. The molecule has 0 saturated carbocycles.